The van der Waals surface area contributed by atoms with E-state index in [9.17, 15) is 9.90 Å². The van der Waals surface area contributed by atoms with Gasteiger partial charge in [-0.2, -0.15) is 0 Å². The molecule has 0 amide bonds. The molecule has 0 aliphatic heterocycles. The number of aromatic carboxylic acids is 1. The molecular weight excluding hydrogens is 292 g/mol. The number of rotatable bonds is 4. The third-order valence-corrected chi connectivity index (χ3v) is 3.58. The molecular formula is C18H16N2O3. The second kappa shape index (κ2) is 5.96. The van der Waals surface area contributed by atoms with Gasteiger partial charge in [-0.15, -0.1) is 0 Å². The molecule has 0 saturated heterocycles. The van der Waals surface area contributed by atoms with E-state index in [1.807, 2.05) is 55.5 Å². The SMILES string of the molecule is COc1ccccc1-n1cc(C(=O)O)nc1-c1ccc(C)cc1. The van der Waals surface area contributed by atoms with Crippen LogP contribution in [0.5, 0.6) is 5.75 Å². The van der Waals surface area contributed by atoms with Crippen molar-refractivity contribution in [2.75, 3.05) is 7.11 Å². The fourth-order valence-corrected chi connectivity index (χ4v) is 2.40. The molecule has 0 atom stereocenters. The van der Waals surface area contributed by atoms with Crippen LogP contribution in [0.4, 0.5) is 0 Å². The van der Waals surface area contributed by atoms with E-state index >= 15 is 0 Å². The van der Waals surface area contributed by atoms with Crippen LogP contribution in [0.1, 0.15) is 16.1 Å². The van der Waals surface area contributed by atoms with Crippen molar-refractivity contribution in [2.45, 2.75) is 6.92 Å². The molecule has 0 radical (unpaired) electrons. The van der Waals surface area contributed by atoms with Gasteiger partial charge < -0.3 is 9.84 Å². The number of carboxylic acid groups (broad SMARTS) is 1. The number of hydrogen-bond acceptors (Lipinski definition) is 3. The van der Waals surface area contributed by atoms with Gasteiger partial charge in [0.2, 0.25) is 0 Å². The first kappa shape index (κ1) is 14.8. The molecule has 23 heavy (non-hydrogen) atoms. The van der Waals surface area contributed by atoms with E-state index in [1.165, 1.54) is 6.20 Å². The van der Waals surface area contributed by atoms with Gasteiger partial charge in [0.05, 0.1) is 12.8 Å². The van der Waals surface area contributed by atoms with Crippen LogP contribution in [0, 0.1) is 6.92 Å². The molecule has 0 spiro atoms. The van der Waals surface area contributed by atoms with Gasteiger partial charge in [0.15, 0.2) is 5.69 Å². The van der Waals surface area contributed by atoms with Crippen LogP contribution in [-0.2, 0) is 0 Å². The number of para-hydroxylation sites is 2. The van der Waals surface area contributed by atoms with Crippen molar-refractivity contribution in [2.24, 2.45) is 0 Å². The van der Waals surface area contributed by atoms with E-state index in [0.717, 1.165) is 16.8 Å². The Balaban J connectivity index is 2.23. The van der Waals surface area contributed by atoms with Crippen LogP contribution < -0.4 is 4.74 Å². The van der Waals surface area contributed by atoms with E-state index in [1.54, 1.807) is 11.7 Å². The fourth-order valence-electron chi connectivity index (χ4n) is 2.40. The van der Waals surface area contributed by atoms with Crippen molar-refractivity contribution >= 4 is 5.97 Å². The molecule has 5 nitrogen and oxygen atoms in total. The monoisotopic (exact) mass is 308 g/mol. The van der Waals surface area contributed by atoms with Crippen LogP contribution in [-0.4, -0.2) is 27.7 Å². The molecule has 116 valence electrons. The summed E-state index contributed by atoms with van der Waals surface area (Å²) in [5.41, 5.74) is 2.70. The maximum absolute atomic E-state index is 11.3. The highest BCUT2D eigenvalue weighted by Crippen LogP contribution is 2.29. The zero-order valence-corrected chi connectivity index (χ0v) is 12.9. The van der Waals surface area contributed by atoms with Crippen molar-refractivity contribution in [3.8, 4) is 22.8 Å². The quantitative estimate of drug-likeness (QED) is 0.800. The molecule has 0 bridgehead atoms. The number of carbonyl (C=O) groups is 1. The Kier molecular flexibility index (Phi) is 3.85. The summed E-state index contributed by atoms with van der Waals surface area (Å²) in [6.07, 6.45) is 1.51. The minimum absolute atomic E-state index is 0.00789. The van der Waals surface area contributed by atoms with Crippen molar-refractivity contribution in [1.29, 1.82) is 0 Å². The third-order valence-electron chi connectivity index (χ3n) is 3.58. The van der Waals surface area contributed by atoms with Gasteiger partial charge in [0.1, 0.15) is 11.6 Å². The second-order valence-corrected chi connectivity index (χ2v) is 5.16. The number of aromatic nitrogens is 2. The number of carboxylic acids is 1. The topological polar surface area (TPSA) is 64.3 Å². The predicted octanol–water partition coefficient (Wildman–Crippen LogP) is 3.55. The zero-order chi connectivity index (χ0) is 16.4. The number of ether oxygens (including phenoxy) is 1. The summed E-state index contributed by atoms with van der Waals surface area (Å²) >= 11 is 0. The second-order valence-electron chi connectivity index (χ2n) is 5.16. The average molecular weight is 308 g/mol. The number of imidazole rings is 1. The Labute approximate surface area is 133 Å². The molecule has 0 fully saturated rings. The van der Waals surface area contributed by atoms with Gasteiger partial charge in [-0.1, -0.05) is 42.0 Å². The van der Waals surface area contributed by atoms with E-state index in [0.29, 0.717) is 11.6 Å². The van der Waals surface area contributed by atoms with Crippen LogP contribution in [0.3, 0.4) is 0 Å². The number of hydrogen-bond donors (Lipinski definition) is 1. The Bertz CT molecular complexity index is 851. The largest absolute Gasteiger partial charge is 0.495 e. The molecule has 0 unspecified atom stereocenters. The first-order valence-electron chi connectivity index (χ1n) is 7.13. The summed E-state index contributed by atoms with van der Waals surface area (Å²) in [6.45, 7) is 2.00. The van der Waals surface area contributed by atoms with Crippen molar-refractivity contribution in [1.82, 2.24) is 9.55 Å². The Morgan fingerprint density at radius 3 is 2.48 bits per heavy atom. The molecule has 1 heterocycles. The fraction of sp³-hybridized carbons (Fsp3) is 0.111. The van der Waals surface area contributed by atoms with Gasteiger partial charge in [-0.3, -0.25) is 4.57 Å². The van der Waals surface area contributed by atoms with Gasteiger partial charge >= 0.3 is 5.97 Å². The van der Waals surface area contributed by atoms with E-state index in [-0.39, 0.29) is 5.69 Å². The maximum Gasteiger partial charge on any atom is 0.356 e. The van der Waals surface area contributed by atoms with E-state index in [2.05, 4.69) is 4.98 Å². The number of benzene rings is 2. The summed E-state index contributed by atoms with van der Waals surface area (Å²) in [6, 6.07) is 15.2. The van der Waals surface area contributed by atoms with Crippen molar-refractivity contribution < 1.29 is 14.6 Å². The van der Waals surface area contributed by atoms with Crippen molar-refractivity contribution in [3.63, 3.8) is 0 Å². The minimum Gasteiger partial charge on any atom is -0.495 e. The van der Waals surface area contributed by atoms with Gasteiger partial charge in [-0.25, -0.2) is 9.78 Å². The molecule has 0 aliphatic carbocycles. The van der Waals surface area contributed by atoms with Crippen molar-refractivity contribution in [3.05, 3.63) is 66.0 Å². The predicted molar refractivity (Wildman–Crippen MR) is 87.2 cm³/mol. The number of aryl methyl sites for hydroxylation is 1. The first-order valence-corrected chi connectivity index (χ1v) is 7.13. The molecule has 3 aromatic rings. The minimum atomic E-state index is -1.06. The molecule has 3 rings (SSSR count). The number of nitrogens with zero attached hydrogens (tertiary/aromatic N) is 2. The highest BCUT2D eigenvalue weighted by atomic mass is 16.5. The molecule has 0 saturated carbocycles. The normalized spacial score (nSPS) is 10.5. The Hall–Kier alpha value is -3.08. The Morgan fingerprint density at radius 1 is 1.13 bits per heavy atom. The van der Waals surface area contributed by atoms with Crippen LogP contribution in [0.2, 0.25) is 0 Å². The summed E-state index contributed by atoms with van der Waals surface area (Å²) in [5, 5.41) is 9.28. The van der Waals surface area contributed by atoms with E-state index < -0.39 is 5.97 Å². The van der Waals surface area contributed by atoms with Gasteiger partial charge in [0, 0.05) is 11.8 Å². The molecule has 5 heteroatoms. The lowest BCUT2D eigenvalue weighted by Crippen LogP contribution is -1.99. The lowest BCUT2D eigenvalue weighted by Gasteiger charge is -2.12. The summed E-state index contributed by atoms with van der Waals surface area (Å²) in [4.78, 5) is 15.6. The lowest BCUT2D eigenvalue weighted by atomic mass is 10.1. The molecule has 2 aromatic carbocycles. The number of methoxy groups -OCH3 is 1. The summed E-state index contributed by atoms with van der Waals surface area (Å²) in [7, 11) is 1.58. The summed E-state index contributed by atoms with van der Waals surface area (Å²) < 4.78 is 7.13. The highest BCUT2D eigenvalue weighted by molar-refractivity contribution is 5.86. The molecule has 0 aliphatic rings. The standard InChI is InChI=1S/C18H16N2O3/c1-12-7-9-13(10-8-12)17-19-14(18(21)22)11-20(17)15-5-3-4-6-16(15)23-2/h3-11H,1-2H3,(H,21,22). The lowest BCUT2D eigenvalue weighted by molar-refractivity contribution is 0.0691. The third kappa shape index (κ3) is 2.81. The highest BCUT2D eigenvalue weighted by Gasteiger charge is 2.17. The average Bonchev–Trinajstić information content (AvgIpc) is 3.01. The van der Waals surface area contributed by atoms with Crippen LogP contribution in [0.15, 0.2) is 54.7 Å². The van der Waals surface area contributed by atoms with Crippen LogP contribution in [0.25, 0.3) is 17.1 Å². The smallest absolute Gasteiger partial charge is 0.356 e. The summed E-state index contributed by atoms with van der Waals surface area (Å²) in [5.74, 6) is 0.147. The first-order chi connectivity index (χ1) is 11.1. The molecule has 1 N–H and O–H groups in total. The van der Waals surface area contributed by atoms with E-state index in [4.69, 9.17) is 4.74 Å². The van der Waals surface area contributed by atoms with Gasteiger partial charge in [-0.05, 0) is 19.1 Å². The Morgan fingerprint density at radius 2 is 1.83 bits per heavy atom. The zero-order valence-electron chi connectivity index (χ0n) is 12.9. The van der Waals surface area contributed by atoms with Crippen LogP contribution >= 0.6 is 0 Å². The molecule has 1 aromatic heterocycles. The maximum atomic E-state index is 11.3. The van der Waals surface area contributed by atoms with Gasteiger partial charge in [0.25, 0.3) is 0 Å².